The van der Waals surface area contributed by atoms with Crippen molar-refractivity contribution >= 4 is 11.9 Å². The minimum Gasteiger partial charge on any atom is -0.489 e. The molecule has 5 nitrogen and oxygen atoms in total. The van der Waals surface area contributed by atoms with E-state index in [9.17, 15) is 19.8 Å². The fraction of sp³-hybridized carbons (Fsp3) is 0.440. The van der Waals surface area contributed by atoms with E-state index in [2.05, 4.69) is 12.1 Å². The number of carboxylic acids is 2. The average Bonchev–Trinajstić information content (AvgIpc) is 2.74. The summed E-state index contributed by atoms with van der Waals surface area (Å²) in [6.45, 7) is 2.25. The SMILES string of the molecule is C[C@]1(C(=O)O)CCC2c3ccc(OCc4ccccc4)cc3CCC2[C@@H]1CC(=O)O. The topological polar surface area (TPSA) is 83.8 Å². The molecule has 4 rings (SSSR count). The van der Waals surface area contributed by atoms with E-state index in [1.807, 2.05) is 36.4 Å². The molecule has 1 saturated carbocycles. The van der Waals surface area contributed by atoms with Crippen molar-refractivity contribution in [3.05, 3.63) is 65.2 Å². The molecule has 2 aromatic rings. The highest BCUT2D eigenvalue weighted by Crippen LogP contribution is 2.56. The van der Waals surface area contributed by atoms with Crippen LogP contribution in [0.1, 0.15) is 55.2 Å². The normalized spacial score (nSPS) is 27.6. The summed E-state index contributed by atoms with van der Waals surface area (Å²) in [4.78, 5) is 23.5. The largest absolute Gasteiger partial charge is 0.489 e. The van der Waals surface area contributed by atoms with Crippen LogP contribution in [0.3, 0.4) is 0 Å². The number of aryl methyl sites for hydroxylation is 1. The average molecular weight is 408 g/mol. The first kappa shape index (κ1) is 20.5. The molecule has 0 bridgehead atoms. The zero-order valence-electron chi connectivity index (χ0n) is 17.2. The van der Waals surface area contributed by atoms with Crippen molar-refractivity contribution in [2.24, 2.45) is 17.3 Å². The fourth-order valence-electron chi connectivity index (χ4n) is 5.54. The maximum absolute atomic E-state index is 12.0. The number of hydrogen-bond donors (Lipinski definition) is 2. The molecule has 0 heterocycles. The van der Waals surface area contributed by atoms with Crippen LogP contribution in [0.5, 0.6) is 5.75 Å². The van der Waals surface area contributed by atoms with Crippen molar-refractivity contribution in [1.82, 2.24) is 0 Å². The van der Waals surface area contributed by atoms with E-state index in [0.29, 0.717) is 13.0 Å². The number of carbonyl (C=O) groups is 2. The van der Waals surface area contributed by atoms with Crippen molar-refractivity contribution < 1.29 is 24.5 Å². The van der Waals surface area contributed by atoms with Crippen LogP contribution < -0.4 is 4.74 Å². The summed E-state index contributed by atoms with van der Waals surface area (Å²) >= 11 is 0. The van der Waals surface area contributed by atoms with Gasteiger partial charge in [-0.15, -0.1) is 0 Å². The number of ether oxygens (including phenoxy) is 1. The monoisotopic (exact) mass is 408 g/mol. The van der Waals surface area contributed by atoms with E-state index >= 15 is 0 Å². The maximum atomic E-state index is 12.0. The summed E-state index contributed by atoms with van der Waals surface area (Å²) in [6, 6.07) is 16.2. The Labute approximate surface area is 176 Å². The van der Waals surface area contributed by atoms with Gasteiger partial charge >= 0.3 is 11.9 Å². The summed E-state index contributed by atoms with van der Waals surface area (Å²) in [5.74, 6) is -1.00. The molecule has 0 saturated heterocycles. The van der Waals surface area contributed by atoms with Gasteiger partial charge in [0.05, 0.1) is 5.41 Å². The minimum atomic E-state index is -0.976. The maximum Gasteiger partial charge on any atom is 0.309 e. The van der Waals surface area contributed by atoms with E-state index in [-0.39, 0.29) is 24.2 Å². The van der Waals surface area contributed by atoms with Gasteiger partial charge in [0, 0.05) is 6.42 Å². The van der Waals surface area contributed by atoms with Gasteiger partial charge in [-0.25, -0.2) is 0 Å². The van der Waals surface area contributed by atoms with Gasteiger partial charge in [-0.05, 0) is 79.2 Å². The number of rotatable bonds is 6. The first-order valence-electron chi connectivity index (χ1n) is 10.6. The summed E-state index contributed by atoms with van der Waals surface area (Å²) in [5, 5.41) is 19.3. The molecule has 0 aromatic heterocycles. The third-order valence-electron chi connectivity index (χ3n) is 7.22. The van der Waals surface area contributed by atoms with Gasteiger partial charge < -0.3 is 14.9 Å². The molecule has 5 heteroatoms. The summed E-state index contributed by atoms with van der Waals surface area (Å²) < 4.78 is 5.98. The Balaban J connectivity index is 1.55. The molecule has 2 aliphatic rings. The molecule has 2 aliphatic carbocycles. The van der Waals surface area contributed by atoms with Crippen LogP contribution in [0.4, 0.5) is 0 Å². The highest BCUT2D eigenvalue weighted by Gasteiger charge is 2.52. The van der Waals surface area contributed by atoms with Crippen molar-refractivity contribution in [2.75, 3.05) is 0 Å². The zero-order valence-corrected chi connectivity index (χ0v) is 17.2. The van der Waals surface area contributed by atoms with Gasteiger partial charge in [-0.1, -0.05) is 36.4 Å². The summed E-state index contributed by atoms with van der Waals surface area (Å²) in [5.41, 5.74) is 2.62. The second-order valence-electron chi connectivity index (χ2n) is 8.91. The van der Waals surface area contributed by atoms with E-state index in [4.69, 9.17) is 4.74 Å². The lowest BCUT2D eigenvalue weighted by molar-refractivity contribution is -0.159. The number of aliphatic carboxylic acids is 2. The fourth-order valence-corrected chi connectivity index (χ4v) is 5.54. The summed E-state index contributed by atoms with van der Waals surface area (Å²) in [6.07, 6.45) is 2.84. The van der Waals surface area contributed by atoms with E-state index in [0.717, 1.165) is 30.6 Å². The number of hydrogen-bond acceptors (Lipinski definition) is 3. The standard InChI is InChI=1S/C25H28O5/c1-25(24(28)29)12-11-20-19-10-8-18(30-15-16-5-3-2-4-6-16)13-17(19)7-9-21(20)22(25)14-23(26)27/h2-6,8,10,13,20-22H,7,9,11-12,14-15H2,1H3,(H,26,27)(H,28,29)/t20?,21?,22-,25-/m0/s1. The molecular formula is C25H28O5. The van der Waals surface area contributed by atoms with Gasteiger partial charge in [-0.3, -0.25) is 9.59 Å². The molecule has 0 radical (unpaired) electrons. The number of benzene rings is 2. The zero-order chi connectivity index (χ0) is 21.3. The number of carboxylic acid groups (broad SMARTS) is 2. The van der Waals surface area contributed by atoms with Gasteiger partial charge in [0.1, 0.15) is 12.4 Å². The quantitative estimate of drug-likeness (QED) is 0.711. The van der Waals surface area contributed by atoms with Crippen LogP contribution in [-0.2, 0) is 22.6 Å². The Bertz CT molecular complexity index is 938. The van der Waals surface area contributed by atoms with Crippen LogP contribution in [0, 0.1) is 17.3 Å². The molecular weight excluding hydrogens is 380 g/mol. The van der Waals surface area contributed by atoms with E-state index in [1.165, 1.54) is 11.1 Å². The Kier molecular flexibility index (Phi) is 5.54. The lowest BCUT2D eigenvalue weighted by Gasteiger charge is -2.49. The Hall–Kier alpha value is -2.82. The first-order valence-corrected chi connectivity index (χ1v) is 10.6. The highest BCUT2D eigenvalue weighted by molar-refractivity contribution is 5.77. The molecule has 158 valence electrons. The Morgan fingerprint density at radius 1 is 1.10 bits per heavy atom. The van der Waals surface area contributed by atoms with Crippen LogP contribution in [0.15, 0.2) is 48.5 Å². The molecule has 2 unspecified atom stereocenters. The highest BCUT2D eigenvalue weighted by atomic mass is 16.5. The predicted molar refractivity (Wildman–Crippen MR) is 112 cm³/mol. The van der Waals surface area contributed by atoms with Crippen molar-refractivity contribution in [1.29, 1.82) is 0 Å². The molecule has 1 fully saturated rings. The number of fused-ring (bicyclic) bond motifs is 3. The van der Waals surface area contributed by atoms with Crippen LogP contribution in [0.2, 0.25) is 0 Å². The second kappa shape index (κ2) is 8.13. The van der Waals surface area contributed by atoms with Crippen LogP contribution in [-0.4, -0.2) is 22.2 Å². The summed E-state index contributed by atoms with van der Waals surface area (Å²) in [7, 11) is 0. The molecule has 4 atom stereocenters. The van der Waals surface area contributed by atoms with Crippen molar-refractivity contribution in [3.63, 3.8) is 0 Å². The third kappa shape index (κ3) is 3.81. The predicted octanol–water partition coefficient (Wildman–Crippen LogP) is 4.89. The Morgan fingerprint density at radius 2 is 1.87 bits per heavy atom. The molecule has 0 amide bonds. The molecule has 2 aromatic carbocycles. The van der Waals surface area contributed by atoms with E-state index in [1.54, 1.807) is 6.92 Å². The molecule has 2 N–H and O–H groups in total. The van der Waals surface area contributed by atoms with Gasteiger partial charge in [0.2, 0.25) is 0 Å². The van der Waals surface area contributed by atoms with E-state index < -0.39 is 17.4 Å². The van der Waals surface area contributed by atoms with Crippen LogP contribution >= 0.6 is 0 Å². The second-order valence-corrected chi connectivity index (χ2v) is 8.91. The van der Waals surface area contributed by atoms with Gasteiger partial charge in [0.15, 0.2) is 0 Å². The Morgan fingerprint density at radius 3 is 2.57 bits per heavy atom. The molecule has 30 heavy (non-hydrogen) atoms. The first-order chi connectivity index (χ1) is 14.4. The van der Waals surface area contributed by atoms with Crippen molar-refractivity contribution in [2.45, 2.75) is 51.6 Å². The molecule has 0 spiro atoms. The van der Waals surface area contributed by atoms with Crippen molar-refractivity contribution in [3.8, 4) is 5.75 Å². The lowest BCUT2D eigenvalue weighted by atomic mass is 9.54. The van der Waals surface area contributed by atoms with Crippen LogP contribution in [0.25, 0.3) is 0 Å². The van der Waals surface area contributed by atoms with Gasteiger partial charge in [-0.2, -0.15) is 0 Å². The van der Waals surface area contributed by atoms with Gasteiger partial charge in [0.25, 0.3) is 0 Å². The smallest absolute Gasteiger partial charge is 0.309 e. The minimum absolute atomic E-state index is 0.0829. The molecule has 0 aliphatic heterocycles. The third-order valence-corrected chi connectivity index (χ3v) is 7.22. The lowest BCUT2D eigenvalue weighted by Crippen LogP contribution is -2.47.